The third kappa shape index (κ3) is 5.56. The Bertz CT molecular complexity index is 912. The van der Waals surface area contributed by atoms with E-state index in [0.717, 1.165) is 13.1 Å². The highest BCUT2D eigenvalue weighted by Crippen LogP contribution is 2.24. The van der Waals surface area contributed by atoms with Gasteiger partial charge in [0.1, 0.15) is 5.56 Å². The number of halogens is 2. The number of carbonyl (C=O) groups excluding carboxylic acids is 2. The summed E-state index contributed by atoms with van der Waals surface area (Å²) in [4.78, 5) is 28.7. The lowest BCUT2D eigenvalue weighted by molar-refractivity contribution is 0.0636. The molecule has 3 amide bonds. The number of hydrogen-bond acceptors (Lipinski definition) is 5. The molecule has 0 radical (unpaired) electrons. The molecule has 2 N–H and O–H groups in total. The number of methoxy groups -OCH3 is 1. The minimum Gasteiger partial charge on any atom is -0.479 e. The Morgan fingerprint density at radius 2 is 1.90 bits per heavy atom. The zero-order valence-electron chi connectivity index (χ0n) is 16.8. The van der Waals surface area contributed by atoms with E-state index in [1.165, 1.54) is 7.11 Å². The van der Waals surface area contributed by atoms with Gasteiger partial charge >= 0.3 is 6.03 Å². The molecule has 0 atom stereocenters. The van der Waals surface area contributed by atoms with E-state index in [9.17, 15) is 9.59 Å². The van der Waals surface area contributed by atoms with Gasteiger partial charge in [-0.3, -0.25) is 14.4 Å². The van der Waals surface area contributed by atoms with Crippen LogP contribution in [-0.4, -0.2) is 77.9 Å². The number of nitrogens with one attached hydrogen (secondary N) is 2. The fourth-order valence-electron chi connectivity index (χ4n) is 3.19. The SMILES string of the molecule is COc1nn(C)cc1C(=O)N1CCN(CCNC(=O)Nc2ccc(Cl)c(Cl)c2)CC1. The van der Waals surface area contributed by atoms with Crippen LogP contribution in [-0.2, 0) is 7.05 Å². The maximum atomic E-state index is 12.7. The Morgan fingerprint density at radius 3 is 2.57 bits per heavy atom. The molecule has 9 nitrogen and oxygen atoms in total. The largest absolute Gasteiger partial charge is 0.479 e. The number of ether oxygens (including phenoxy) is 1. The van der Waals surface area contributed by atoms with Gasteiger partial charge in [-0.25, -0.2) is 4.79 Å². The van der Waals surface area contributed by atoms with Crippen LogP contribution in [0.15, 0.2) is 24.4 Å². The number of hydrogen-bond donors (Lipinski definition) is 2. The number of urea groups is 1. The highest BCUT2D eigenvalue weighted by atomic mass is 35.5. The van der Waals surface area contributed by atoms with E-state index in [0.29, 0.717) is 53.4 Å². The van der Waals surface area contributed by atoms with Crippen LogP contribution >= 0.6 is 23.2 Å². The number of anilines is 1. The summed E-state index contributed by atoms with van der Waals surface area (Å²) < 4.78 is 6.75. The lowest BCUT2D eigenvalue weighted by Crippen LogP contribution is -2.50. The second-order valence-electron chi connectivity index (χ2n) is 6.87. The molecule has 0 unspecified atom stereocenters. The summed E-state index contributed by atoms with van der Waals surface area (Å²) in [6.45, 7) is 3.83. The quantitative estimate of drug-likeness (QED) is 0.698. The van der Waals surface area contributed by atoms with Crippen molar-refractivity contribution in [1.82, 2.24) is 24.9 Å². The fraction of sp³-hybridized carbons (Fsp3) is 0.421. The van der Waals surface area contributed by atoms with Crippen molar-refractivity contribution < 1.29 is 14.3 Å². The molecule has 1 saturated heterocycles. The Labute approximate surface area is 184 Å². The second kappa shape index (κ2) is 10.0. The summed E-state index contributed by atoms with van der Waals surface area (Å²) in [5, 5.41) is 10.5. The molecule has 1 aliphatic rings. The number of nitrogens with zero attached hydrogens (tertiary/aromatic N) is 4. The smallest absolute Gasteiger partial charge is 0.319 e. The topological polar surface area (TPSA) is 91.7 Å². The van der Waals surface area contributed by atoms with E-state index in [4.69, 9.17) is 27.9 Å². The molecule has 11 heteroatoms. The summed E-state index contributed by atoms with van der Waals surface area (Å²) in [5.41, 5.74) is 1.04. The van der Waals surface area contributed by atoms with Gasteiger partial charge in [0, 0.05) is 58.2 Å². The van der Waals surface area contributed by atoms with Crippen LogP contribution in [0.3, 0.4) is 0 Å². The van der Waals surface area contributed by atoms with Gasteiger partial charge in [-0.2, -0.15) is 0 Å². The third-order valence-electron chi connectivity index (χ3n) is 4.77. The normalized spacial score (nSPS) is 14.5. The fourth-order valence-corrected chi connectivity index (χ4v) is 3.49. The molecule has 3 rings (SSSR count). The average Bonchev–Trinajstić information content (AvgIpc) is 3.11. The molecular weight excluding hydrogens is 431 g/mol. The number of piperazine rings is 1. The first-order valence-corrected chi connectivity index (χ1v) is 10.2. The van der Waals surface area contributed by atoms with E-state index >= 15 is 0 Å². The predicted octanol–water partition coefficient (Wildman–Crippen LogP) is 2.32. The Balaban J connectivity index is 1.40. The second-order valence-corrected chi connectivity index (χ2v) is 7.68. The van der Waals surface area contributed by atoms with Gasteiger partial charge in [0.05, 0.1) is 17.2 Å². The van der Waals surface area contributed by atoms with Crippen molar-refractivity contribution in [2.24, 2.45) is 7.05 Å². The molecule has 162 valence electrons. The van der Waals surface area contributed by atoms with Crippen LogP contribution in [0.1, 0.15) is 10.4 Å². The van der Waals surface area contributed by atoms with E-state index in [1.807, 2.05) is 0 Å². The summed E-state index contributed by atoms with van der Waals surface area (Å²) >= 11 is 11.8. The Hall–Kier alpha value is -2.49. The van der Waals surface area contributed by atoms with Crippen LogP contribution in [0.4, 0.5) is 10.5 Å². The first-order valence-electron chi connectivity index (χ1n) is 9.46. The number of rotatable bonds is 6. The number of benzene rings is 1. The molecule has 1 aromatic carbocycles. The molecule has 0 spiro atoms. The summed E-state index contributed by atoms with van der Waals surface area (Å²) in [5.74, 6) is 0.251. The maximum absolute atomic E-state index is 12.7. The van der Waals surface area contributed by atoms with Crippen LogP contribution in [0, 0.1) is 0 Å². The Morgan fingerprint density at radius 1 is 1.17 bits per heavy atom. The van der Waals surface area contributed by atoms with Crippen molar-refractivity contribution in [3.63, 3.8) is 0 Å². The lowest BCUT2D eigenvalue weighted by atomic mass is 10.2. The van der Waals surface area contributed by atoms with Crippen molar-refractivity contribution in [2.75, 3.05) is 51.7 Å². The molecule has 1 fully saturated rings. The van der Waals surface area contributed by atoms with Crippen LogP contribution < -0.4 is 15.4 Å². The Kier molecular flexibility index (Phi) is 7.41. The monoisotopic (exact) mass is 454 g/mol. The minimum atomic E-state index is -0.314. The average molecular weight is 455 g/mol. The number of aryl methyl sites for hydroxylation is 1. The summed E-state index contributed by atoms with van der Waals surface area (Å²) in [6.07, 6.45) is 1.67. The predicted molar refractivity (Wildman–Crippen MR) is 116 cm³/mol. The zero-order valence-corrected chi connectivity index (χ0v) is 18.3. The summed E-state index contributed by atoms with van der Waals surface area (Å²) in [7, 11) is 3.25. The van der Waals surface area contributed by atoms with Gasteiger partial charge in [-0.15, -0.1) is 5.10 Å². The van der Waals surface area contributed by atoms with Crippen molar-refractivity contribution in [1.29, 1.82) is 0 Å². The molecule has 2 heterocycles. The number of amides is 3. The van der Waals surface area contributed by atoms with Gasteiger partial charge in [0.15, 0.2) is 0 Å². The van der Waals surface area contributed by atoms with Gasteiger partial charge < -0.3 is 20.3 Å². The molecule has 1 aliphatic heterocycles. The first-order chi connectivity index (χ1) is 14.4. The van der Waals surface area contributed by atoms with E-state index in [2.05, 4.69) is 20.6 Å². The van der Waals surface area contributed by atoms with Gasteiger partial charge in [0.2, 0.25) is 5.88 Å². The van der Waals surface area contributed by atoms with Crippen molar-refractivity contribution >= 4 is 40.8 Å². The van der Waals surface area contributed by atoms with E-state index < -0.39 is 0 Å². The van der Waals surface area contributed by atoms with Crippen LogP contribution in [0.2, 0.25) is 10.0 Å². The van der Waals surface area contributed by atoms with Crippen molar-refractivity contribution in [2.45, 2.75) is 0 Å². The van der Waals surface area contributed by atoms with Crippen LogP contribution in [0.5, 0.6) is 5.88 Å². The van der Waals surface area contributed by atoms with Crippen molar-refractivity contribution in [3.05, 3.63) is 40.0 Å². The third-order valence-corrected chi connectivity index (χ3v) is 5.51. The van der Waals surface area contributed by atoms with Crippen molar-refractivity contribution in [3.8, 4) is 5.88 Å². The van der Waals surface area contributed by atoms with E-state index in [1.54, 1.807) is 41.0 Å². The number of aromatic nitrogens is 2. The molecule has 30 heavy (non-hydrogen) atoms. The number of carbonyl (C=O) groups is 2. The molecule has 2 aromatic rings. The molecule has 1 aromatic heterocycles. The molecule has 0 bridgehead atoms. The first kappa shape index (κ1) is 22.2. The minimum absolute atomic E-state index is 0.0845. The molecular formula is C19H24Cl2N6O3. The molecule has 0 saturated carbocycles. The highest BCUT2D eigenvalue weighted by molar-refractivity contribution is 6.42. The highest BCUT2D eigenvalue weighted by Gasteiger charge is 2.26. The summed E-state index contributed by atoms with van der Waals surface area (Å²) in [6, 6.07) is 4.59. The standard InChI is InChI=1S/C19H24Cl2N6O3/c1-25-12-14(17(24-25)30-2)18(28)27-9-7-26(8-10-27)6-5-22-19(29)23-13-3-4-15(20)16(21)11-13/h3-4,11-12H,5-10H2,1-2H3,(H2,22,23,29). The van der Waals surface area contributed by atoms with Gasteiger partial charge in [-0.1, -0.05) is 23.2 Å². The van der Waals surface area contributed by atoms with Crippen LogP contribution in [0.25, 0.3) is 0 Å². The molecule has 0 aliphatic carbocycles. The maximum Gasteiger partial charge on any atom is 0.319 e. The van der Waals surface area contributed by atoms with Gasteiger partial charge in [0.25, 0.3) is 5.91 Å². The van der Waals surface area contributed by atoms with E-state index in [-0.39, 0.29) is 11.9 Å². The van der Waals surface area contributed by atoms with Gasteiger partial charge in [-0.05, 0) is 18.2 Å². The zero-order chi connectivity index (χ0) is 21.7. The lowest BCUT2D eigenvalue weighted by Gasteiger charge is -2.34.